The van der Waals surface area contributed by atoms with Crippen LogP contribution in [0.3, 0.4) is 0 Å². The van der Waals surface area contributed by atoms with Crippen molar-refractivity contribution in [3.05, 3.63) is 72.4 Å². The highest BCUT2D eigenvalue weighted by atomic mass is 16.6. The Kier molecular flexibility index (Phi) is 15.3. The van der Waals surface area contributed by atoms with Gasteiger partial charge in [0.05, 0.1) is 39.6 Å². The van der Waals surface area contributed by atoms with Gasteiger partial charge < -0.3 is 39.2 Å². The Morgan fingerprint density at radius 3 is 2.08 bits per heavy atom. The molecule has 0 fully saturated rings. The van der Waals surface area contributed by atoms with Crippen molar-refractivity contribution in [2.24, 2.45) is 0 Å². The fraction of sp³-hybridized carbons (Fsp3) is 0.517. The first-order chi connectivity index (χ1) is 18.3. The fourth-order valence-electron chi connectivity index (χ4n) is 3.16. The SMILES string of the molecule is C=C(C)COC[C@@H](O)[C@H](OCC(=C)C)[C@H](COC[C@](C)(NC(=O)OCc1ccccc1)C(=O)O)OCC(=C)C. The number of hydrogen-bond acceptors (Lipinski definition) is 8. The van der Waals surface area contributed by atoms with Gasteiger partial charge in [0.2, 0.25) is 0 Å². The van der Waals surface area contributed by atoms with Gasteiger partial charge >= 0.3 is 12.1 Å². The number of carboxylic acid groups (broad SMARTS) is 1. The van der Waals surface area contributed by atoms with E-state index >= 15 is 0 Å². The van der Waals surface area contributed by atoms with Crippen LogP contribution in [-0.4, -0.2) is 85.8 Å². The smallest absolute Gasteiger partial charge is 0.408 e. The third-order valence-corrected chi connectivity index (χ3v) is 5.18. The van der Waals surface area contributed by atoms with Gasteiger partial charge in [0.15, 0.2) is 5.54 Å². The molecule has 0 bridgehead atoms. The van der Waals surface area contributed by atoms with E-state index in [-0.39, 0.29) is 39.6 Å². The molecule has 0 aliphatic rings. The summed E-state index contributed by atoms with van der Waals surface area (Å²) in [6.45, 7) is 18.0. The second-order valence-electron chi connectivity index (χ2n) is 9.92. The van der Waals surface area contributed by atoms with E-state index in [1.54, 1.807) is 45.0 Å². The molecular formula is C29H43NO9. The lowest BCUT2D eigenvalue weighted by molar-refractivity contribution is -0.156. The Hall–Kier alpha value is -3.02. The van der Waals surface area contributed by atoms with Crippen LogP contribution in [0.15, 0.2) is 66.8 Å². The summed E-state index contributed by atoms with van der Waals surface area (Å²) in [7, 11) is 0. The van der Waals surface area contributed by atoms with Crippen molar-refractivity contribution in [2.45, 2.75) is 58.2 Å². The van der Waals surface area contributed by atoms with E-state index in [1.165, 1.54) is 6.92 Å². The number of rotatable bonds is 20. The van der Waals surface area contributed by atoms with Gasteiger partial charge in [0, 0.05) is 0 Å². The Morgan fingerprint density at radius 2 is 1.51 bits per heavy atom. The van der Waals surface area contributed by atoms with Crippen LogP contribution in [0.1, 0.15) is 33.3 Å². The average molecular weight is 550 g/mol. The summed E-state index contributed by atoms with van der Waals surface area (Å²) < 4.78 is 28.2. The molecule has 39 heavy (non-hydrogen) atoms. The molecule has 1 amide bonds. The van der Waals surface area contributed by atoms with E-state index in [0.29, 0.717) is 0 Å². The van der Waals surface area contributed by atoms with E-state index in [0.717, 1.165) is 22.3 Å². The summed E-state index contributed by atoms with van der Waals surface area (Å²) in [4.78, 5) is 24.4. The van der Waals surface area contributed by atoms with Crippen LogP contribution in [0.5, 0.6) is 0 Å². The first kappa shape index (κ1) is 34.0. The number of aliphatic hydroxyl groups is 1. The minimum Gasteiger partial charge on any atom is -0.479 e. The Balaban J connectivity index is 2.90. The largest absolute Gasteiger partial charge is 0.479 e. The van der Waals surface area contributed by atoms with Gasteiger partial charge in [0.1, 0.15) is 24.9 Å². The molecule has 218 valence electrons. The van der Waals surface area contributed by atoms with Gasteiger partial charge in [-0.05, 0) is 33.3 Å². The van der Waals surface area contributed by atoms with E-state index < -0.39 is 42.5 Å². The number of benzene rings is 1. The zero-order valence-corrected chi connectivity index (χ0v) is 23.4. The van der Waals surface area contributed by atoms with Crippen LogP contribution in [0.25, 0.3) is 0 Å². The maximum Gasteiger partial charge on any atom is 0.408 e. The number of nitrogens with one attached hydrogen (secondary N) is 1. The number of aliphatic hydroxyl groups excluding tert-OH is 1. The predicted octanol–water partition coefficient (Wildman–Crippen LogP) is 3.65. The first-order valence-electron chi connectivity index (χ1n) is 12.6. The van der Waals surface area contributed by atoms with Gasteiger partial charge in [-0.3, -0.25) is 0 Å². The third kappa shape index (κ3) is 14.1. The number of amides is 1. The van der Waals surface area contributed by atoms with Crippen LogP contribution in [0, 0.1) is 0 Å². The lowest BCUT2D eigenvalue weighted by Gasteiger charge is -2.32. The van der Waals surface area contributed by atoms with Crippen molar-refractivity contribution < 1.29 is 43.5 Å². The van der Waals surface area contributed by atoms with Crippen molar-refractivity contribution in [3.63, 3.8) is 0 Å². The molecule has 3 N–H and O–H groups in total. The highest BCUT2D eigenvalue weighted by molar-refractivity contribution is 5.84. The first-order valence-corrected chi connectivity index (χ1v) is 12.6. The van der Waals surface area contributed by atoms with Crippen LogP contribution in [-0.2, 0) is 35.1 Å². The topological polar surface area (TPSA) is 133 Å². The summed E-state index contributed by atoms with van der Waals surface area (Å²) in [5.41, 5.74) is 1.20. The molecule has 1 aromatic rings. The molecule has 0 saturated heterocycles. The Bertz CT molecular complexity index is 949. The lowest BCUT2D eigenvalue weighted by atomic mass is 10.0. The number of carboxylic acids is 1. The molecule has 1 rings (SSSR count). The predicted molar refractivity (Wildman–Crippen MR) is 147 cm³/mol. The molecule has 1 aromatic carbocycles. The maximum absolute atomic E-state index is 12.3. The average Bonchev–Trinajstić information content (AvgIpc) is 2.85. The van der Waals surface area contributed by atoms with E-state index in [1.807, 2.05) is 6.07 Å². The molecule has 0 radical (unpaired) electrons. The van der Waals surface area contributed by atoms with E-state index in [2.05, 4.69) is 25.1 Å². The van der Waals surface area contributed by atoms with Crippen molar-refractivity contribution in [1.29, 1.82) is 0 Å². The molecular weight excluding hydrogens is 506 g/mol. The number of aliphatic carboxylic acids is 1. The minimum absolute atomic E-state index is 0.0207. The maximum atomic E-state index is 12.3. The van der Waals surface area contributed by atoms with E-state index in [9.17, 15) is 19.8 Å². The second kappa shape index (κ2) is 17.5. The number of carbonyl (C=O) groups excluding carboxylic acids is 1. The minimum atomic E-state index is -1.80. The molecule has 0 unspecified atom stereocenters. The molecule has 10 heteroatoms. The molecule has 4 atom stereocenters. The number of carbonyl (C=O) groups is 2. The lowest BCUT2D eigenvalue weighted by Crippen LogP contribution is -2.56. The Labute approximate surface area is 231 Å². The van der Waals surface area contributed by atoms with Crippen LogP contribution in [0.2, 0.25) is 0 Å². The van der Waals surface area contributed by atoms with Gasteiger partial charge in [-0.2, -0.15) is 0 Å². The van der Waals surface area contributed by atoms with Gasteiger partial charge in [0.25, 0.3) is 0 Å². The quantitative estimate of drug-likeness (QED) is 0.209. The zero-order valence-electron chi connectivity index (χ0n) is 23.4. The number of ether oxygens (including phenoxy) is 5. The molecule has 0 aliphatic carbocycles. The molecule has 0 aliphatic heterocycles. The van der Waals surface area contributed by atoms with Gasteiger partial charge in [-0.15, -0.1) is 0 Å². The molecule has 0 aromatic heterocycles. The van der Waals surface area contributed by atoms with Crippen LogP contribution >= 0.6 is 0 Å². The molecule has 0 saturated carbocycles. The summed E-state index contributed by atoms with van der Waals surface area (Å²) in [5.74, 6) is -1.32. The molecule has 0 heterocycles. The highest BCUT2D eigenvalue weighted by Crippen LogP contribution is 2.16. The number of alkyl carbamates (subject to hydrolysis) is 1. The summed E-state index contributed by atoms with van der Waals surface area (Å²) >= 11 is 0. The molecule has 10 nitrogen and oxygen atoms in total. The summed E-state index contributed by atoms with van der Waals surface area (Å²) in [6.07, 6.45) is -3.73. The summed E-state index contributed by atoms with van der Waals surface area (Å²) in [6, 6.07) is 8.99. The van der Waals surface area contributed by atoms with Crippen LogP contribution in [0.4, 0.5) is 4.79 Å². The number of hydrogen-bond donors (Lipinski definition) is 3. The van der Waals surface area contributed by atoms with Crippen molar-refractivity contribution >= 4 is 12.1 Å². The standard InChI is InChI=1S/C29H43NO9/c1-20(2)13-35-17-24(31)26(38-15-22(5)6)25(37-14-21(3)4)18-36-19-29(7,27(32)33)30-28(34)39-16-23-11-9-8-10-12-23/h8-12,24-26,31H,1,3,5,13-19H2,2,4,6-7H3,(H,30,34)(H,32,33)/t24-,25+,26+,29+/m1/s1. The third-order valence-electron chi connectivity index (χ3n) is 5.18. The zero-order chi connectivity index (χ0) is 29.4. The van der Waals surface area contributed by atoms with Gasteiger partial charge in [-0.25, -0.2) is 9.59 Å². The highest BCUT2D eigenvalue weighted by Gasteiger charge is 2.37. The van der Waals surface area contributed by atoms with Crippen molar-refractivity contribution in [1.82, 2.24) is 5.32 Å². The van der Waals surface area contributed by atoms with E-state index in [4.69, 9.17) is 23.7 Å². The Morgan fingerprint density at radius 1 is 0.923 bits per heavy atom. The normalized spacial score (nSPS) is 14.9. The van der Waals surface area contributed by atoms with Crippen LogP contribution < -0.4 is 5.32 Å². The summed E-state index contributed by atoms with van der Waals surface area (Å²) in [5, 5.41) is 23.0. The van der Waals surface area contributed by atoms with Crippen molar-refractivity contribution in [2.75, 3.05) is 39.6 Å². The second-order valence-corrected chi connectivity index (χ2v) is 9.92. The van der Waals surface area contributed by atoms with Crippen molar-refractivity contribution in [3.8, 4) is 0 Å². The fourth-order valence-corrected chi connectivity index (χ4v) is 3.16. The molecule has 0 spiro atoms. The van der Waals surface area contributed by atoms with Gasteiger partial charge in [-0.1, -0.05) is 66.8 Å². The monoisotopic (exact) mass is 549 g/mol.